The Morgan fingerprint density at radius 2 is 2.06 bits per heavy atom. The average Bonchev–Trinajstić information content (AvgIpc) is 3.26. The van der Waals surface area contributed by atoms with Gasteiger partial charge in [0.05, 0.1) is 18.5 Å². The fourth-order valence-electron chi connectivity index (χ4n) is 3.88. The Hall–Kier alpha value is -2.77. The van der Waals surface area contributed by atoms with Crippen molar-refractivity contribution < 1.29 is 4.74 Å². The molecule has 7 heteroatoms. The summed E-state index contributed by atoms with van der Waals surface area (Å²) >= 11 is 0. The number of nitrogens with one attached hydrogen (secondary N) is 1. The van der Waals surface area contributed by atoms with Crippen LogP contribution in [0.25, 0.3) is 11.3 Å². The van der Waals surface area contributed by atoms with Gasteiger partial charge >= 0.3 is 0 Å². The van der Waals surface area contributed by atoms with E-state index in [4.69, 9.17) is 9.72 Å². The van der Waals surface area contributed by atoms with Crippen LogP contribution in [-0.2, 0) is 17.7 Å². The molecule has 0 fully saturated rings. The Kier molecular flexibility index (Phi) is 6.63. The van der Waals surface area contributed by atoms with Crippen LogP contribution in [0.4, 0.5) is 11.6 Å². The summed E-state index contributed by atoms with van der Waals surface area (Å²) in [6, 6.07) is 6.88. The predicted molar refractivity (Wildman–Crippen MR) is 124 cm³/mol. The van der Waals surface area contributed by atoms with E-state index in [0.717, 1.165) is 61.8 Å². The highest BCUT2D eigenvalue weighted by Crippen LogP contribution is 2.26. The molecule has 0 aliphatic carbocycles. The van der Waals surface area contributed by atoms with E-state index in [2.05, 4.69) is 52.3 Å². The van der Waals surface area contributed by atoms with Crippen LogP contribution in [-0.4, -0.2) is 51.0 Å². The molecule has 0 radical (unpaired) electrons. The molecule has 1 N–H and O–H groups in total. The van der Waals surface area contributed by atoms with E-state index in [1.807, 2.05) is 37.1 Å². The number of hydrogen-bond donors (Lipinski definition) is 1. The van der Waals surface area contributed by atoms with E-state index >= 15 is 0 Å². The summed E-state index contributed by atoms with van der Waals surface area (Å²) in [6.07, 6.45) is 6.83. The second-order valence-corrected chi connectivity index (χ2v) is 8.36. The van der Waals surface area contributed by atoms with Crippen molar-refractivity contribution in [1.29, 1.82) is 0 Å². The molecule has 3 heterocycles. The number of benzene rings is 1. The Bertz CT molecular complexity index is 1030. The van der Waals surface area contributed by atoms with Gasteiger partial charge in [-0.2, -0.15) is 5.10 Å². The van der Waals surface area contributed by atoms with E-state index < -0.39 is 0 Å². The maximum atomic E-state index is 5.50. The Balaban J connectivity index is 1.47. The van der Waals surface area contributed by atoms with Crippen LogP contribution in [0.3, 0.4) is 0 Å². The zero-order valence-electron chi connectivity index (χ0n) is 18.9. The van der Waals surface area contributed by atoms with Gasteiger partial charge in [-0.3, -0.25) is 9.58 Å². The van der Waals surface area contributed by atoms with E-state index in [9.17, 15) is 0 Å². The minimum Gasteiger partial charge on any atom is -0.380 e. The average molecular weight is 421 g/mol. The van der Waals surface area contributed by atoms with Crippen molar-refractivity contribution >= 4 is 11.6 Å². The number of nitrogens with zero attached hydrogens (tertiary/aromatic N) is 5. The molecule has 7 nitrogen and oxygen atoms in total. The Labute approximate surface area is 184 Å². The van der Waals surface area contributed by atoms with E-state index in [1.54, 1.807) is 0 Å². The summed E-state index contributed by atoms with van der Waals surface area (Å²) in [7, 11) is 0. The molecule has 1 aliphatic heterocycles. The summed E-state index contributed by atoms with van der Waals surface area (Å²) in [4.78, 5) is 11.7. The first kappa shape index (κ1) is 21.5. The summed E-state index contributed by atoms with van der Waals surface area (Å²) in [6.45, 7) is 12.9. The normalized spacial score (nSPS) is 14.1. The van der Waals surface area contributed by atoms with Crippen LogP contribution in [0.5, 0.6) is 0 Å². The van der Waals surface area contributed by atoms with E-state index in [0.29, 0.717) is 12.0 Å². The predicted octanol–water partition coefficient (Wildman–Crippen LogP) is 4.37. The summed E-state index contributed by atoms with van der Waals surface area (Å²) in [5, 5.41) is 7.84. The molecular formula is C24H32N6O. The van der Waals surface area contributed by atoms with Gasteiger partial charge in [0.2, 0.25) is 5.95 Å². The van der Waals surface area contributed by atoms with Crippen LogP contribution >= 0.6 is 0 Å². The number of rotatable bonds is 8. The Morgan fingerprint density at radius 1 is 1.19 bits per heavy atom. The molecule has 0 atom stereocenters. The molecule has 0 spiro atoms. The molecule has 1 aliphatic rings. The van der Waals surface area contributed by atoms with Gasteiger partial charge in [-0.15, -0.1) is 0 Å². The van der Waals surface area contributed by atoms with Crippen LogP contribution < -0.4 is 5.32 Å². The van der Waals surface area contributed by atoms with E-state index in [-0.39, 0.29) is 0 Å². The van der Waals surface area contributed by atoms with Gasteiger partial charge < -0.3 is 10.1 Å². The van der Waals surface area contributed by atoms with Crippen molar-refractivity contribution in [2.45, 2.75) is 46.7 Å². The number of aromatic nitrogens is 4. The minimum absolute atomic E-state index is 0.319. The third-order valence-corrected chi connectivity index (χ3v) is 5.69. The molecular weight excluding hydrogens is 388 g/mol. The van der Waals surface area contributed by atoms with Crippen LogP contribution in [0, 0.1) is 6.92 Å². The van der Waals surface area contributed by atoms with Crippen LogP contribution in [0.15, 0.2) is 36.8 Å². The first-order chi connectivity index (χ1) is 15.0. The third kappa shape index (κ3) is 5.11. The topological polar surface area (TPSA) is 68.1 Å². The lowest BCUT2D eigenvalue weighted by molar-refractivity contribution is 0.108. The first-order valence-electron chi connectivity index (χ1n) is 11.1. The zero-order chi connectivity index (χ0) is 21.8. The van der Waals surface area contributed by atoms with Crippen molar-refractivity contribution in [1.82, 2.24) is 24.6 Å². The number of fused-ring (bicyclic) bond motifs is 1. The minimum atomic E-state index is 0.319. The highest BCUT2D eigenvalue weighted by Gasteiger charge is 2.17. The van der Waals surface area contributed by atoms with Crippen molar-refractivity contribution in [3.05, 3.63) is 53.5 Å². The molecule has 0 unspecified atom stereocenters. The van der Waals surface area contributed by atoms with Crippen molar-refractivity contribution in [2.24, 2.45) is 0 Å². The molecule has 164 valence electrons. The first-order valence-corrected chi connectivity index (χ1v) is 11.1. The molecule has 0 amide bonds. The highest BCUT2D eigenvalue weighted by atomic mass is 16.5. The third-order valence-electron chi connectivity index (χ3n) is 5.69. The molecule has 4 rings (SSSR count). The van der Waals surface area contributed by atoms with Crippen LogP contribution in [0.1, 0.15) is 43.5 Å². The van der Waals surface area contributed by atoms with Gasteiger partial charge in [-0.05, 0) is 62.9 Å². The fraction of sp³-hybridized carbons (Fsp3) is 0.458. The molecule has 2 aromatic heterocycles. The maximum Gasteiger partial charge on any atom is 0.227 e. The second kappa shape index (κ2) is 9.58. The van der Waals surface area contributed by atoms with E-state index in [1.165, 1.54) is 11.1 Å². The number of hydrogen-bond acceptors (Lipinski definition) is 6. The summed E-state index contributed by atoms with van der Waals surface area (Å²) in [5.41, 5.74) is 6.75. The van der Waals surface area contributed by atoms with Gasteiger partial charge in [0.15, 0.2) is 0 Å². The molecule has 0 bridgehead atoms. The quantitative estimate of drug-likeness (QED) is 0.546. The highest BCUT2D eigenvalue weighted by molar-refractivity contribution is 5.64. The summed E-state index contributed by atoms with van der Waals surface area (Å²) in [5.74, 6) is 0.604. The van der Waals surface area contributed by atoms with Crippen molar-refractivity contribution in [3.8, 4) is 11.3 Å². The standard InChI is InChI=1S/C24H32N6O/c1-5-31-11-10-29-9-8-19-12-22(7-6-20(19)15-29)27-24-25-13-18(4)23(28-24)21-14-26-30(16-21)17(2)3/h6-7,12-14,16-17H,5,8-11,15H2,1-4H3,(H,25,27,28). The Morgan fingerprint density at radius 3 is 2.84 bits per heavy atom. The lowest BCUT2D eigenvalue weighted by Gasteiger charge is -2.29. The lowest BCUT2D eigenvalue weighted by Crippen LogP contribution is -2.33. The van der Waals surface area contributed by atoms with Gasteiger partial charge in [-0.1, -0.05) is 6.07 Å². The molecule has 31 heavy (non-hydrogen) atoms. The lowest BCUT2D eigenvalue weighted by atomic mass is 9.99. The molecule has 0 saturated carbocycles. The van der Waals surface area contributed by atoms with Gasteiger partial charge in [-0.25, -0.2) is 9.97 Å². The fourth-order valence-corrected chi connectivity index (χ4v) is 3.88. The maximum absolute atomic E-state index is 5.50. The zero-order valence-corrected chi connectivity index (χ0v) is 18.9. The number of aryl methyl sites for hydroxylation is 1. The molecule has 0 saturated heterocycles. The smallest absolute Gasteiger partial charge is 0.227 e. The van der Waals surface area contributed by atoms with Crippen molar-refractivity contribution in [3.63, 3.8) is 0 Å². The van der Waals surface area contributed by atoms with Crippen LogP contribution in [0.2, 0.25) is 0 Å². The van der Waals surface area contributed by atoms with Gasteiger partial charge in [0, 0.05) is 55.9 Å². The molecule has 1 aromatic carbocycles. The van der Waals surface area contributed by atoms with Crippen molar-refractivity contribution in [2.75, 3.05) is 31.6 Å². The SMILES string of the molecule is CCOCCN1CCc2cc(Nc3ncc(C)c(-c4cnn(C(C)C)c4)n3)ccc2C1. The largest absolute Gasteiger partial charge is 0.380 e. The number of ether oxygens (including phenoxy) is 1. The second-order valence-electron chi connectivity index (χ2n) is 8.36. The monoisotopic (exact) mass is 420 g/mol. The van der Waals surface area contributed by atoms with Gasteiger partial charge in [0.1, 0.15) is 0 Å². The number of anilines is 2. The van der Waals surface area contributed by atoms with Gasteiger partial charge in [0.25, 0.3) is 0 Å². The summed E-state index contributed by atoms with van der Waals surface area (Å²) < 4.78 is 7.45. The molecule has 3 aromatic rings.